The summed E-state index contributed by atoms with van der Waals surface area (Å²) in [7, 11) is 0. The molecule has 1 fully saturated rings. The van der Waals surface area contributed by atoms with E-state index in [2.05, 4.69) is 20.6 Å². The van der Waals surface area contributed by atoms with Crippen LogP contribution in [-0.2, 0) is 4.79 Å². The Balaban J connectivity index is 2.01. The molecule has 0 aliphatic carbocycles. The minimum Gasteiger partial charge on any atom is -0.342 e. The lowest BCUT2D eigenvalue weighted by molar-refractivity contribution is -0.120. The molecule has 1 aliphatic rings. The number of Topliss-reactive ketones (excluding diaryl/α,β-unsaturated/α-hetero) is 1. The molecule has 0 bridgehead atoms. The van der Waals surface area contributed by atoms with Gasteiger partial charge in [0.2, 0.25) is 0 Å². The highest BCUT2D eigenvalue weighted by molar-refractivity contribution is 6.07. The van der Waals surface area contributed by atoms with Gasteiger partial charge in [-0.25, -0.2) is 9.78 Å². The van der Waals surface area contributed by atoms with Gasteiger partial charge in [-0.05, 0) is 0 Å². The fraction of sp³-hybridized carbons (Fsp3) is 0.250. The average molecular weight is 208 g/mol. The molecule has 7 nitrogen and oxygen atoms in total. The van der Waals surface area contributed by atoms with Gasteiger partial charge in [0.25, 0.3) is 5.91 Å². The minimum absolute atomic E-state index is 0.0697. The first kappa shape index (κ1) is 9.38. The maximum absolute atomic E-state index is 11.5. The molecule has 3 amide bonds. The van der Waals surface area contributed by atoms with Gasteiger partial charge in [-0.2, -0.15) is 0 Å². The van der Waals surface area contributed by atoms with Crippen LogP contribution in [0.15, 0.2) is 12.5 Å². The van der Waals surface area contributed by atoms with Gasteiger partial charge in [0.15, 0.2) is 5.78 Å². The summed E-state index contributed by atoms with van der Waals surface area (Å²) >= 11 is 0. The highest BCUT2D eigenvalue weighted by Crippen LogP contribution is 2.04. The van der Waals surface area contributed by atoms with Crippen LogP contribution in [0.4, 0.5) is 4.79 Å². The summed E-state index contributed by atoms with van der Waals surface area (Å²) < 4.78 is 0. The molecule has 78 valence electrons. The maximum Gasteiger partial charge on any atom is 0.322 e. The standard InChI is InChI=1S/C8H8N4O3/c13-6(5-2-9-3-10-5)1-4-7(14)12-8(15)11-4/h2-4H,1H2,(H,9,10)(H2,11,12,14,15)/t4-/m0/s1. The third-order valence-corrected chi connectivity index (χ3v) is 2.05. The lowest BCUT2D eigenvalue weighted by Gasteiger charge is -2.03. The number of aromatic amines is 1. The average Bonchev–Trinajstić information content (AvgIpc) is 2.76. The zero-order valence-electron chi connectivity index (χ0n) is 7.61. The molecule has 1 saturated heterocycles. The maximum atomic E-state index is 11.5. The number of hydrogen-bond donors (Lipinski definition) is 3. The van der Waals surface area contributed by atoms with Gasteiger partial charge in [0.05, 0.1) is 12.5 Å². The van der Waals surface area contributed by atoms with E-state index >= 15 is 0 Å². The van der Waals surface area contributed by atoms with Crippen LogP contribution < -0.4 is 10.6 Å². The summed E-state index contributed by atoms with van der Waals surface area (Å²) in [6.07, 6.45) is 2.68. The molecule has 3 N–H and O–H groups in total. The number of ketones is 1. The summed E-state index contributed by atoms with van der Waals surface area (Å²) in [5.41, 5.74) is 0.323. The fourth-order valence-corrected chi connectivity index (χ4v) is 1.31. The third kappa shape index (κ3) is 1.85. The summed E-state index contributed by atoms with van der Waals surface area (Å²) in [6, 6.07) is -1.35. The second kappa shape index (κ2) is 3.52. The van der Waals surface area contributed by atoms with E-state index in [1.165, 1.54) is 12.5 Å². The number of carbonyl (C=O) groups is 3. The molecule has 0 radical (unpaired) electrons. The van der Waals surface area contributed by atoms with Crippen molar-refractivity contribution in [1.82, 2.24) is 20.6 Å². The predicted octanol–water partition coefficient (Wildman–Crippen LogP) is -0.810. The Hall–Kier alpha value is -2.18. The monoisotopic (exact) mass is 208 g/mol. The first-order valence-electron chi connectivity index (χ1n) is 4.30. The van der Waals surface area contributed by atoms with E-state index in [1.807, 2.05) is 0 Å². The molecule has 0 aromatic carbocycles. The van der Waals surface area contributed by atoms with Gasteiger partial charge >= 0.3 is 6.03 Å². The predicted molar refractivity (Wildman–Crippen MR) is 48.0 cm³/mol. The highest BCUT2D eigenvalue weighted by atomic mass is 16.2. The first-order chi connectivity index (χ1) is 7.16. The van der Waals surface area contributed by atoms with Crippen molar-refractivity contribution in [1.29, 1.82) is 0 Å². The van der Waals surface area contributed by atoms with Crippen molar-refractivity contribution in [2.24, 2.45) is 0 Å². The molecule has 15 heavy (non-hydrogen) atoms. The number of H-pyrrole nitrogens is 1. The van der Waals surface area contributed by atoms with Crippen LogP contribution in [0.3, 0.4) is 0 Å². The second-order valence-electron chi connectivity index (χ2n) is 3.11. The topological polar surface area (TPSA) is 104 Å². The molecule has 0 unspecified atom stereocenters. The molecule has 0 saturated carbocycles. The van der Waals surface area contributed by atoms with Crippen molar-refractivity contribution in [2.45, 2.75) is 12.5 Å². The normalized spacial score (nSPS) is 19.9. The summed E-state index contributed by atoms with van der Waals surface area (Å²) in [5, 5.41) is 4.39. The van der Waals surface area contributed by atoms with Gasteiger partial charge in [-0.3, -0.25) is 14.9 Å². The Morgan fingerprint density at radius 2 is 2.27 bits per heavy atom. The summed E-state index contributed by atoms with van der Waals surface area (Å²) in [5.74, 6) is -0.747. The van der Waals surface area contributed by atoms with Crippen LogP contribution in [0.5, 0.6) is 0 Å². The number of nitrogens with zero attached hydrogens (tertiary/aromatic N) is 1. The number of imidazole rings is 1. The second-order valence-corrected chi connectivity index (χ2v) is 3.11. The van der Waals surface area contributed by atoms with Crippen molar-refractivity contribution in [3.8, 4) is 0 Å². The Morgan fingerprint density at radius 3 is 2.80 bits per heavy atom. The number of urea groups is 1. The molecule has 1 aromatic rings. The summed E-state index contributed by atoms with van der Waals surface area (Å²) in [4.78, 5) is 39.7. The quantitative estimate of drug-likeness (QED) is 0.446. The van der Waals surface area contributed by atoms with Crippen LogP contribution in [-0.4, -0.2) is 33.7 Å². The smallest absolute Gasteiger partial charge is 0.322 e. The Kier molecular flexibility index (Phi) is 2.20. The van der Waals surface area contributed by atoms with Crippen LogP contribution in [0.1, 0.15) is 16.9 Å². The van der Waals surface area contributed by atoms with Crippen molar-refractivity contribution in [3.05, 3.63) is 18.2 Å². The van der Waals surface area contributed by atoms with Crippen LogP contribution in [0.2, 0.25) is 0 Å². The van der Waals surface area contributed by atoms with Gasteiger partial charge < -0.3 is 10.3 Å². The Morgan fingerprint density at radius 1 is 1.47 bits per heavy atom. The van der Waals surface area contributed by atoms with E-state index in [9.17, 15) is 14.4 Å². The first-order valence-corrected chi connectivity index (χ1v) is 4.30. The largest absolute Gasteiger partial charge is 0.342 e. The fourth-order valence-electron chi connectivity index (χ4n) is 1.31. The molecule has 7 heteroatoms. The van der Waals surface area contributed by atoms with Crippen LogP contribution in [0, 0.1) is 0 Å². The SMILES string of the molecule is O=C1NC(=O)[C@H](CC(=O)c2cnc[nH]2)N1. The number of imide groups is 1. The number of nitrogens with one attached hydrogen (secondary N) is 3. The van der Waals surface area contributed by atoms with Crippen LogP contribution in [0.25, 0.3) is 0 Å². The Labute approximate surface area is 84.3 Å². The molecular formula is C8H8N4O3. The molecule has 0 spiro atoms. The van der Waals surface area contributed by atoms with E-state index in [0.29, 0.717) is 5.69 Å². The third-order valence-electron chi connectivity index (χ3n) is 2.05. The Bertz CT molecular complexity index is 412. The van der Waals surface area contributed by atoms with Crippen LogP contribution >= 0.6 is 0 Å². The summed E-state index contributed by atoms with van der Waals surface area (Å²) in [6.45, 7) is 0. The molecular weight excluding hydrogens is 200 g/mol. The van der Waals surface area contributed by atoms with Gasteiger partial charge in [-0.15, -0.1) is 0 Å². The number of amides is 3. The van der Waals surface area contributed by atoms with E-state index in [4.69, 9.17) is 0 Å². The van der Waals surface area contributed by atoms with E-state index in [1.54, 1.807) is 0 Å². The zero-order valence-corrected chi connectivity index (χ0v) is 7.61. The number of carbonyl (C=O) groups excluding carboxylic acids is 3. The van der Waals surface area contributed by atoms with Crippen molar-refractivity contribution < 1.29 is 14.4 Å². The molecule has 2 heterocycles. The van der Waals surface area contributed by atoms with Crippen molar-refractivity contribution in [3.63, 3.8) is 0 Å². The van der Waals surface area contributed by atoms with Gasteiger partial charge in [0.1, 0.15) is 11.7 Å². The molecule has 2 rings (SSSR count). The molecule has 1 atom stereocenters. The van der Waals surface area contributed by atoms with E-state index in [0.717, 1.165) is 0 Å². The van der Waals surface area contributed by atoms with Crippen molar-refractivity contribution >= 4 is 17.7 Å². The minimum atomic E-state index is -0.784. The van der Waals surface area contributed by atoms with Crippen molar-refractivity contribution in [2.75, 3.05) is 0 Å². The van der Waals surface area contributed by atoms with E-state index < -0.39 is 18.0 Å². The number of rotatable bonds is 3. The highest BCUT2D eigenvalue weighted by Gasteiger charge is 2.31. The number of aromatic nitrogens is 2. The number of hydrogen-bond acceptors (Lipinski definition) is 4. The lowest BCUT2D eigenvalue weighted by Crippen LogP contribution is -2.31. The zero-order chi connectivity index (χ0) is 10.8. The lowest BCUT2D eigenvalue weighted by atomic mass is 10.1. The molecule has 1 aliphatic heterocycles. The molecule has 1 aromatic heterocycles. The van der Waals surface area contributed by atoms with Gasteiger partial charge in [0, 0.05) is 6.42 Å². The van der Waals surface area contributed by atoms with E-state index in [-0.39, 0.29) is 12.2 Å². The van der Waals surface area contributed by atoms with Gasteiger partial charge in [-0.1, -0.05) is 0 Å².